The third-order valence-corrected chi connectivity index (χ3v) is 5.06. The molecule has 1 saturated carbocycles. The van der Waals surface area contributed by atoms with Gasteiger partial charge in [-0.25, -0.2) is 4.98 Å². The number of rotatable bonds is 5. The topological polar surface area (TPSA) is 53.1 Å². The summed E-state index contributed by atoms with van der Waals surface area (Å²) >= 11 is 0. The molecule has 0 spiro atoms. The Morgan fingerprint density at radius 2 is 2.15 bits per heavy atom. The molecule has 0 amide bonds. The molecule has 1 aromatic heterocycles. The van der Waals surface area contributed by atoms with E-state index in [4.69, 9.17) is 10.5 Å². The number of aryl methyl sites for hydroxylation is 1. The standard InChI is InChI=1S/C16H27N3O/c17-16(14-7-9-20-11-14)15-10-18-12-19(15)8-6-13-4-2-1-3-5-13/h10,12-14,16H,1-9,11,17H2. The summed E-state index contributed by atoms with van der Waals surface area (Å²) in [5.41, 5.74) is 7.60. The van der Waals surface area contributed by atoms with Gasteiger partial charge in [-0.15, -0.1) is 0 Å². The predicted octanol–water partition coefficient (Wildman–Crippen LogP) is 2.89. The van der Waals surface area contributed by atoms with Crippen molar-refractivity contribution < 1.29 is 4.74 Å². The van der Waals surface area contributed by atoms with Crippen molar-refractivity contribution in [1.82, 2.24) is 9.55 Å². The molecule has 4 nitrogen and oxygen atoms in total. The predicted molar refractivity (Wildman–Crippen MR) is 79.3 cm³/mol. The van der Waals surface area contributed by atoms with E-state index in [0.717, 1.165) is 32.1 Å². The molecule has 1 aliphatic heterocycles. The third kappa shape index (κ3) is 3.23. The van der Waals surface area contributed by atoms with Gasteiger partial charge in [-0.2, -0.15) is 0 Å². The first-order chi connectivity index (χ1) is 9.84. The lowest BCUT2D eigenvalue weighted by Gasteiger charge is -2.23. The number of ether oxygens (including phenoxy) is 1. The van der Waals surface area contributed by atoms with Gasteiger partial charge in [0, 0.05) is 25.3 Å². The summed E-state index contributed by atoms with van der Waals surface area (Å²) in [7, 11) is 0. The molecule has 3 rings (SSSR count). The number of nitrogens with zero attached hydrogens (tertiary/aromatic N) is 2. The number of hydrogen-bond acceptors (Lipinski definition) is 3. The molecule has 2 aliphatic rings. The molecular weight excluding hydrogens is 250 g/mol. The zero-order valence-electron chi connectivity index (χ0n) is 12.3. The summed E-state index contributed by atoms with van der Waals surface area (Å²) in [6.07, 6.45) is 13.3. The van der Waals surface area contributed by atoms with Gasteiger partial charge in [-0.1, -0.05) is 32.1 Å². The first kappa shape index (κ1) is 14.1. The molecule has 2 unspecified atom stereocenters. The number of hydrogen-bond donors (Lipinski definition) is 1. The van der Waals surface area contributed by atoms with Crippen LogP contribution >= 0.6 is 0 Å². The van der Waals surface area contributed by atoms with Crippen LogP contribution in [0, 0.1) is 11.8 Å². The molecule has 0 aromatic carbocycles. The Balaban J connectivity index is 1.57. The van der Waals surface area contributed by atoms with Crippen LogP contribution in [0.4, 0.5) is 0 Å². The molecule has 4 heteroatoms. The van der Waals surface area contributed by atoms with E-state index in [1.54, 1.807) is 0 Å². The van der Waals surface area contributed by atoms with Crippen LogP contribution in [0.25, 0.3) is 0 Å². The molecule has 112 valence electrons. The normalized spacial score (nSPS) is 25.9. The second kappa shape index (κ2) is 6.72. The fourth-order valence-electron chi connectivity index (χ4n) is 3.67. The number of nitrogens with two attached hydrogens (primary N) is 1. The van der Waals surface area contributed by atoms with E-state index in [1.165, 1.54) is 44.2 Å². The Labute approximate surface area is 121 Å². The highest BCUT2D eigenvalue weighted by Crippen LogP contribution is 2.29. The number of imidazole rings is 1. The zero-order chi connectivity index (χ0) is 13.8. The van der Waals surface area contributed by atoms with Gasteiger partial charge >= 0.3 is 0 Å². The minimum absolute atomic E-state index is 0.0753. The molecule has 2 heterocycles. The maximum Gasteiger partial charge on any atom is 0.0948 e. The van der Waals surface area contributed by atoms with Gasteiger partial charge in [0.1, 0.15) is 0 Å². The Kier molecular flexibility index (Phi) is 4.73. The highest BCUT2D eigenvalue weighted by molar-refractivity contribution is 5.07. The molecule has 0 radical (unpaired) electrons. The molecule has 1 aromatic rings. The Bertz CT molecular complexity index is 406. The maximum atomic E-state index is 6.41. The van der Waals surface area contributed by atoms with Crippen LogP contribution in [0.5, 0.6) is 0 Å². The Morgan fingerprint density at radius 3 is 2.90 bits per heavy atom. The average Bonchev–Trinajstić information content (AvgIpc) is 3.17. The summed E-state index contributed by atoms with van der Waals surface area (Å²) in [6, 6.07) is 0.0753. The van der Waals surface area contributed by atoms with Crippen LogP contribution in [0.1, 0.15) is 56.7 Å². The Hall–Kier alpha value is -0.870. The quantitative estimate of drug-likeness (QED) is 0.900. The molecule has 2 fully saturated rings. The van der Waals surface area contributed by atoms with Gasteiger partial charge in [0.05, 0.1) is 24.7 Å². The first-order valence-electron chi connectivity index (χ1n) is 8.18. The largest absolute Gasteiger partial charge is 0.381 e. The van der Waals surface area contributed by atoms with Gasteiger partial charge in [0.2, 0.25) is 0 Å². The van der Waals surface area contributed by atoms with Crippen LogP contribution in [0.3, 0.4) is 0 Å². The van der Waals surface area contributed by atoms with Crippen molar-refractivity contribution in [2.45, 2.75) is 57.5 Å². The second-order valence-corrected chi connectivity index (χ2v) is 6.45. The average molecular weight is 277 g/mol. The molecule has 0 bridgehead atoms. The minimum atomic E-state index is 0.0753. The summed E-state index contributed by atoms with van der Waals surface area (Å²) < 4.78 is 7.74. The second-order valence-electron chi connectivity index (χ2n) is 6.45. The summed E-state index contributed by atoms with van der Waals surface area (Å²) in [5, 5.41) is 0. The smallest absolute Gasteiger partial charge is 0.0948 e. The fourth-order valence-corrected chi connectivity index (χ4v) is 3.67. The van der Waals surface area contributed by atoms with Crippen molar-refractivity contribution in [3.05, 3.63) is 18.2 Å². The number of aromatic nitrogens is 2. The van der Waals surface area contributed by atoms with Gasteiger partial charge in [0.25, 0.3) is 0 Å². The van der Waals surface area contributed by atoms with E-state index in [2.05, 4.69) is 9.55 Å². The highest BCUT2D eigenvalue weighted by atomic mass is 16.5. The Morgan fingerprint density at radius 1 is 1.30 bits per heavy atom. The lowest BCUT2D eigenvalue weighted by atomic mass is 9.87. The monoisotopic (exact) mass is 277 g/mol. The molecule has 20 heavy (non-hydrogen) atoms. The third-order valence-electron chi connectivity index (χ3n) is 5.06. The van der Waals surface area contributed by atoms with Gasteiger partial charge < -0.3 is 15.0 Å². The van der Waals surface area contributed by atoms with Gasteiger partial charge in [0.15, 0.2) is 0 Å². The van der Waals surface area contributed by atoms with Crippen LogP contribution < -0.4 is 5.73 Å². The molecule has 2 N–H and O–H groups in total. The van der Waals surface area contributed by atoms with Gasteiger partial charge in [-0.3, -0.25) is 0 Å². The van der Waals surface area contributed by atoms with Crippen LogP contribution in [-0.4, -0.2) is 22.8 Å². The van der Waals surface area contributed by atoms with E-state index >= 15 is 0 Å². The van der Waals surface area contributed by atoms with E-state index in [1.807, 2.05) is 12.5 Å². The van der Waals surface area contributed by atoms with Crippen molar-refractivity contribution in [2.24, 2.45) is 17.6 Å². The maximum absolute atomic E-state index is 6.41. The van der Waals surface area contributed by atoms with E-state index in [0.29, 0.717) is 5.92 Å². The molecule has 1 saturated heterocycles. The molecule has 1 aliphatic carbocycles. The van der Waals surface area contributed by atoms with Crippen LogP contribution in [-0.2, 0) is 11.3 Å². The minimum Gasteiger partial charge on any atom is -0.381 e. The first-order valence-corrected chi connectivity index (χ1v) is 8.18. The zero-order valence-corrected chi connectivity index (χ0v) is 12.3. The van der Waals surface area contributed by atoms with E-state index in [-0.39, 0.29) is 6.04 Å². The van der Waals surface area contributed by atoms with Crippen LogP contribution in [0.15, 0.2) is 12.5 Å². The summed E-state index contributed by atoms with van der Waals surface area (Å²) in [6.45, 7) is 2.73. The SMILES string of the molecule is NC(c1cncn1CCC1CCCCC1)C1CCOC1. The lowest BCUT2D eigenvalue weighted by molar-refractivity contribution is 0.180. The lowest BCUT2D eigenvalue weighted by Crippen LogP contribution is -2.24. The van der Waals surface area contributed by atoms with E-state index < -0.39 is 0 Å². The van der Waals surface area contributed by atoms with E-state index in [9.17, 15) is 0 Å². The summed E-state index contributed by atoms with van der Waals surface area (Å²) in [4.78, 5) is 4.32. The van der Waals surface area contributed by atoms with Crippen molar-refractivity contribution in [2.75, 3.05) is 13.2 Å². The van der Waals surface area contributed by atoms with Crippen molar-refractivity contribution in [1.29, 1.82) is 0 Å². The molecule has 2 atom stereocenters. The van der Waals surface area contributed by atoms with Crippen LogP contribution in [0.2, 0.25) is 0 Å². The van der Waals surface area contributed by atoms with Crippen molar-refractivity contribution in [3.63, 3.8) is 0 Å². The fraction of sp³-hybridized carbons (Fsp3) is 0.812. The summed E-state index contributed by atoms with van der Waals surface area (Å²) in [5.74, 6) is 1.37. The molecular formula is C16H27N3O. The highest BCUT2D eigenvalue weighted by Gasteiger charge is 2.26. The van der Waals surface area contributed by atoms with Crippen molar-refractivity contribution >= 4 is 0 Å². The van der Waals surface area contributed by atoms with Crippen molar-refractivity contribution in [3.8, 4) is 0 Å². The van der Waals surface area contributed by atoms with Gasteiger partial charge in [-0.05, 0) is 18.8 Å².